The summed E-state index contributed by atoms with van der Waals surface area (Å²) in [7, 11) is 0. The number of hydrogen-bond acceptors (Lipinski definition) is 5. The van der Waals surface area contributed by atoms with Crippen LogP contribution in [-0.2, 0) is 22.4 Å². The SMILES string of the molecule is CCOC(=O)c1cccc(C(=O)c2ccc(OCCCCCCc3ccc(Cl)cc3)c(CCC(=O)O)c2)c1. The highest BCUT2D eigenvalue weighted by Gasteiger charge is 2.16. The van der Waals surface area contributed by atoms with Crippen LogP contribution in [0.1, 0.15) is 76.4 Å². The number of carboxylic acid groups (broad SMARTS) is 1. The Morgan fingerprint density at radius 3 is 2.26 bits per heavy atom. The summed E-state index contributed by atoms with van der Waals surface area (Å²) >= 11 is 5.93. The summed E-state index contributed by atoms with van der Waals surface area (Å²) < 4.78 is 11.0. The van der Waals surface area contributed by atoms with Crippen molar-refractivity contribution < 1.29 is 29.0 Å². The van der Waals surface area contributed by atoms with Gasteiger partial charge in [0.05, 0.1) is 18.8 Å². The third-order valence-corrected chi connectivity index (χ3v) is 6.35. The highest BCUT2D eigenvalue weighted by atomic mass is 35.5. The number of carboxylic acids is 1. The van der Waals surface area contributed by atoms with Crippen molar-refractivity contribution in [3.05, 3.63) is 99.6 Å². The van der Waals surface area contributed by atoms with Gasteiger partial charge in [-0.25, -0.2) is 4.79 Å². The molecule has 38 heavy (non-hydrogen) atoms. The van der Waals surface area contributed by atoms with E-state index in [2.05, 4.69) is 12.1 Å². The van der Waals surface area contributed by atoms with Crippen molar-refractivity contribution >= 4 is 29.3 Å². The van der Waals surface area contributed by atoms with Gasteiger partial charge in [-0.3, -0.25) is 9.59 Å². The Bertz CT molecular complexity index is 1240. The van der Waals surface area contributed by atoms with E-state index >= 15 is 0 Å². The third kappa shape index (κ3) is 9.03. The zero-order chi connectivity index (χ0) is 27.3. The first-order chi connectivity index (χ1) is 18.4. The van der Waals surface area contributed by atoms with Crippen LogP contribution in [0, 0.1) is 0 Å². The van der Waals surface area contributed by atoms with Gasteiger partial charge in [0.15, 0.2) is 5.78 Å². The summed E-state index contributed by atoms with van der Waals surface area (Å²) in [5.41, 5.74) is 3.00. The number of halogens is 1. The fourth-order valence-electron chi connectivity index (χ4n) is 4.08. The number of benzene rings is 3. The van der Waals surface area contributed by atoms with E-state index in [0.717, 1.165) is 37.1 Å². The molecule has 0 atom stereocenters. The zero-order valence-corrected chi connectivity index (χ0v) is 22.3. The van der Waals surface area contributed by atoms with Crippen molar-refractivity contribution in [3.8, 4) is 5.75 Å². The van der Waals surface area contributed by atoms with Crippen molar-refractivity contribution in [1.82, 2.24) is 0 Å². The van der Waals surface area contributed by atoms with Gasteiger partial charge in [0.2, 0.25) is 0 Å². The number of rotatable bonds is 15. The predicted molar refractivity (Wildman–Crippen MR) is 147 cm³/mol. The molecule has 0 aromatic heterocycles. The van der Waals surface area contributed by atoms with E-state index in [1.54, 1.807) is 43.3 Å². The van der Waals surface area contributed by atoms with Gasteiger partial charge in [0, 0.05) is 22.6 Å². The Kier molecular flexibility index (Phi) is 11.4. The number of ketones is 1. The lowest BCUT2D eigenvalue weighted by atomic mass is 9.98. The van der Waals surface area contributed by atoms with Crippen molar-refractivity contribution in [3.63, 3.8) is 0 Å². The van der Waals surface area contributed by atoms with Gasteiger partial charge in [-0.2, -0.15) is 0 Å². The highest BCUT2D eigenvalue weighted by Crippen LogP contribution is 2.24. The number of unbranched alkanes of at least 4 members (excludes halogenated alkanes) is 3. The fraction of sp³-hybridized carbons (Fsp3) is 0.323. The Morgan fingerprint density at radius 1 is 0.816 bits per heavy atom. The van der Waals surface area contributed by atoms with Gasteiger partial charge in [0.25, 0.3) is 0 Å². The number of aryl methyl sites for hydroxylation is 2. The minimum atomic E-state index is -0.921. The Balaban J connectivity index is 1.58. The van der Waals surface area contributed by atoms with Crippen molar-refractivity contribution in [2.45, 2.75) is 51.9 Å². The van der Waals surface area contributed by atoms with Gasteiger partial charge in [-0.1, -0.05) is 48.7 Å². The van der Waals surface area contributed by atoms with Crippen LogP contribution in [0.5, 0.6) is 5.75 Å². The van der Waals surface area contributed by atoms with Gasteiger partial charge in [0.1, 0.15) is 5.75 Å². The fourth-order valence-corrected chi connectivity index (χ4v) is 4.21. The minimum Gasteiger partial charge on any atom is -0.493 e. The van der Waals surface area contributed by atoms with Crippen LogP contribution in [0.4, 0.5) is 0 Å². The first-order valence-corrected chi connectivity index (χ1v) is 13.3. The lowest BCUT2D eigenvalue weighted by Crippen LogP contribution is -2.09. The quantitative estimate of drug-likeness (QED) is 0.128. The number of carbonyl (C=O) groups excluding carboxylic acids is 2. The molecule has 0 saturated carbocycles. The molecule has 0 fully saturated rings. The molecule has 0 amide bonds. The van der Waals surface area contributed by atoms with E-state index in [4.69, 9.17) is 21.1 Å². The van der Waals surface area contributed by atoms with Gasteiger partial charge in [-0.15, -0.1) is 0 Å². The molecule has 0 saturated heterocycles. The summed E-state index contributed by atoms with van der Waals surface area (Å²) in [4.78, 5) is 36.4. The molecular weight excluding hydrogens is 504 g/mol. The maximum atomic E-state index is 13.1. The number of carbonyl (C=O) groups is 3. The number of ether oxygens (including phenoxy) is 2. The Morgan fingerprint density at radius 2 is 1.53 bits per heavy atom. The summed E-state index contributed by atoms with van der Waals surface area (Å²) in [6.45, 7) is 2.48. The second kappa shape index (κ2) is 14.9. The van der Waals surface area contributed by atoms with Gasteiger partial charge in [-0.05, 0) is 86.2 Å². The zero-order valence-electron chi connectivity index (χ0n) is 21.6. The lowest BCUT2D eigenvalue weighted by Gasteiger charge is -2.13. The van der Waals surface area contributed by atoms with Crippen LogP contribution in [0.25, 0.3) is 0 Å². The average Bonchev–Trinajstić information content (AvgIpc) is 2.92. The van der Waals surface area contributed by atoms with E-state index in [0.29, 0.717) is 34.6 Å². The Labute approximate surface area is 228 Å². The van der Waals surface area contributed by atoms with E-state index < -0.39 is 11.9 Å². The number of esters is 1. The predicted octanol–water partition coefficient (Wildman–Crippen LogP) is 6.95. The molecule has 3 aromatic carbocycles. The van der Waals surface area contributed by atoms with Crippen LogP contribution >= 0.6 is 11.6 Å². The third-order valence-electron chi connectivity index (χ3n) is 6.10. The van der Waals surface area contributed by atoms with E-state index in [-0.39, 0.29) is 25.2 Å². The molecule has 0 spiro atoms. The molecule has 0 aliphatic rings. The molecule has 0 unspecified atom stereocenters. The van der Waals surface area contributed by atoms with Crippen LogP contribution < -0.4 is 4.74 Å². The monoisotopic (exact) mass is 536 g/mol. The average molecular weight is 537 g/mol. The molecule has 0 aliphatic carbocycles. The molecule has 0 bridgehead atoms. The smallest absolute Gasteiger partial charge is 0.338 e. The van der Waals surface area contributed by atoms with Gasteiger partial charge < -0.3 is 14.6 Å². The molecular formula is C31H33ClO6. The minimum absolute atomic E-state index is 0.0724. The molecule has 0 heterocycles. The first kappa shape index (κ1) is 28.9. The van der Waals surface area contributed by atoms with E-state index in [1.165, 1.54) is 11.6 Å². The van der Waals surface area contributed by atoms with Crippen molar-refractivity contribution in [1.29, 1.82) is 0 Å². The van der Waals surface area contributed by atoms with Crippen LogP contribution in [-0.4, -0.2) is 36.0 Å². The Hall–Kier alpha value is -3.64. The second-order valence-corrected chi connectivity index (χ2v) is 9.42. The van der Waals surface area contributed by atoms with E-state index in [9.17, 15) is 19.5 Å². The van der Waals surface area contributed by atoms with Gasteiger partial charge >= 0.3 is 11.9 Å². The van der Waals surface area contributed by atoms with E-state index in [1.807, 2.05) is 12.1 Å². The van der Waals surface area contributed by atoms with Crippen molar-refractivity contribution in [2.75, 3.05) is 13.2 Å². The van der Waals surface area contributed by atoms with Crippen molar-refractivity contribution in [2.24, 2.45) is 0 Å². The maximum Gasteiger partial charge on any atom is 0.338 e. The summed E-state index contributed by atoms with van der Waals surface area (Å²) in [5.74, 6) is -1.09. The molecule has 0 radical (unpaired) electrons. The molecule has 3 rings (SSSR count). The second-order valence-electron chi connectivity index (χ2n) is 8.99. The molecule has 0 aliphatic heterocycles. The largest absolute Gasteiger partial charge is 0.493 e. The summed E-state index contributed by atoms with van der Waals surface area (Å²) in [6.07, 6.45) is 5.24. The van der Waals surface area contributed by atoms with Crippen LogP contribution in [0.15, 0.2) is 66.7 Å². The normalized spacial score (nSPS) is 10.7. The maximum absolute atomic E-state index is 13.1. The molecule has 6 nitrogen and oxygen atoms in total. The summed E-state index contributed by atoms with van der Waals surface area (Å²) in [6, 6.07) is 19.4. The lowest BCUT2D eigenvalue weighted by molar-refractivity contribution is -0.136. The topological polar surface area (TPSA) is 89.9 Å². The summed E-state index contributed by atoms with van der Waals surface area (Å²) in [5, 5.41) is 9.93. The van der Waals surface area contributed by atoms with Crippen LogP contribution in [0.3, 0.4) is 0 Å². The number of aliphatic carboxylic acids is 1. The first-order valence-electron chi connectivity index (χ1n) is 12.9. The highest BCUT2D eigenvalue weighted by molar-refractivity contribution is 6.30. The standard InChI is InChI=1S/C31H33ClO6/c1-2-37-31(36)26-10-7-9-24(21-26)30(35)25-13-17-28(23(20-25)14-18-29(33)34)38-19-6-4-3-5-8-22-11-15-27(32)16-12-22/h7,9-13,15-17,20-21H,2-6,8,14,18-19H2,1H3,(H,33,34). The number of hydrogen-bond donors (Lipinski definition) is 1. The molecule has 1 N–H and O–H groups in total. The van der Waals surface area contributed by atoms with Crippen LogP contribution in [0.2, 0.25) is 5.02 Å². The molecule has 200 valence electrons. The molecule has 3 aromatic rings. The molecule has 7 heteroatoms.